The summed E-state index contributed by atoms with van der Waals surface area (Å²) in [5.74, 6) is -1.22. The lowest BCUT2D eigenvalue weighted by atomic mass is 9.90. The van der Waals surface area contributed by atoms with E-state index < -0.39 is 11.5 Å². The maximum Gasteiger partial charge on any atom is 0.341 e. The largest absolute Gasteiger partial charge is 0.477 e. The molecule has 108 valence electrons. The molecule has 1 aromatic carbocycles. The summed E-state index contributed by atoms with van der Waals surface area (Å²) in [5.41, 5.74) is 3.18. The van der Waals surface area contributed by atoms with Gasteiger partial charge < -0.3 is 5.11 Å². The van der Waals surface area contributed by atoms with Crippen LogP contribution in [0.5, 0.6) is 0 Å². The lowest BCUT2D eigenvalue weighted by molar-refractivity contribution is 0.0694. The molecule has 1 aromatic heterocycles. The summed E-state index contributed by atoms with van der Waals surface area (Å²) < 4.78 is 1.08. The van der Waals surface area contributed by atoms with Gasteiger partial charge in [-0.3, -0.25) is 4.79 Å². The standard InChI is InChI=1S/C16H16N2O3/c1-18-15(19)13(16(20)21)9-14(17-18)12-7-6-10-4-2-3-5-11(10)8-12/h6-9H,2-5H2,1H3,(H,20,21). The molecule has 0 spiro atoms. The van der Waals surface area contributed by atoms with Crippen LogP contribution < -0.4 is 5.56 Å². The van der Waals surface area contributed by atoms with E-state index in [1.54, 1.807) is 0 Å². The summed E-state index contributed by atoms with van der Waals surface area (Å²) >= 11 is 0. The van der Waals surface area contributed by atoms with Crippen LogP contribution in [0.4, 0.5) is 0 Å². The Labute approximate surface area is 121 Å². The Balaban J connectivity index is 2.12. The Morgan fingerprint density at radius 2 is 1.90 bits per heavy atom. The highest BCUT2D eigenvalue weighted by atomic mass is 16.4. The van der Waals surface area contributed by atoms with Gasteiger partial charge in [0.15, 0.2) is 0 Å². The number of hydrogen-bond donors (Lipinski definition) is 1. The zero-order chi connectivity index (χ0) is 15.0. The van der Waals surface area contributed by atoms with Crippen LogP contribution in [0.2, 0.25) is 0 Å². The van der Waals surface area contributed by atoms with Gasteiger partial charge in [0.2, 0.25) is 0 Å². The average Bonchev–Trinajstić information content (AvgIpc) is 2.49. The van der Waals surface area contributed by atoms with Gasteiger partial charge in [-0.1, -0.05) is 12.1 Å². The molecule has 2 aromatic rings. The molecule has 0 amide bonds. The Morgan fingerprint density at radius 1 is 1.19 bits per heavy atom. The molecule has 0 radical (unpaired) electrons. The summed E-state index contributed by atoms with van der Waals surface area (Å²) in [6, 6.07) is 7.45. The van der Waals surface area contributed by atoms with E-state index in [4.69, 9.17) is 5.11 Å². The third-order valence-corrected chi connectivity index (χ3v) is 3.94. The molecule has 5 nitrogen and oxygen atoms in total. The van der Waals surface area contributed by atoms with Crippen LogP contribution in [-0.4, -0.2) is 20.9 Å². The SMILES string of the molecule is Cn1nc(-c2ccc3c(c2)CCCC3)cc(C(=O)O)c1=O. The Hall–Kier alpha value is -2.43. The van der Waals surface area contributed by atoms with E-state index in [2.05, 4.69) is 17.2 Å². The smallest absolute Gasteiger partial charge is 0.341 e. The molecule has 21 heavy (non-hydrogen) atoms. The maximum atomic E-state index is 11.7. The van der Waals surface area contributed by atoms with Crippen molar-refractivity contribution in [3.63, 3.8) is 0 Å². The van der Waals surface area contributed by atoms with Gasteiger partial charge in [0.05, 0.1) is 5.69 Å². The van der Waals surface area contributed by atoms with Crippen molar-refractivity contribution in [3.8, 4) is 11.3 Å². The first-order chi connectivity index (χ1) is 10.1. The molecule has 0 atom stereocenters. The Bertz CT molecular complexity index is 778. The molecular weight excluding hydrogens is 268 g/mol. The number of hydrogen-bond acceptors (Lipinski definition) is 3. The number of aromatic nitrogens is 2. The van der Waals surface area contributed by atoms with Gasteiger partial charge in [0.1, 0.15) is 5.56 Å². The lowest BCUT2D eigenvalue weighted by Gasteiger charge is -2.16. The van der Waals surface area contributed by atoms with Gasteiger partial charge in [0, 0.05) is 12.6 Å². The van der Waals surface area contributed by atoms with Gasteiger partial charge >= 0.3 is 5.97 Å². The monoisotopic (exact) mass is 284 g/mol. The number of carboxylic acids is 1. The first-order valence-electron chi connectivity index (χ1n) is 7.00. The molecule has 0 saturated heterocycles. The highest BCUT2D eigenvalue weighted by Gasteiger charge is 2.15. The number of benzene rings is 1. The number of aromatic carboxylic acids is 1. The zero-order valence-electron chi connectivity index (χ0n) is 11.8. The first kappa shape index (κ1) is 13.5. The van der Waals surface area contributed by atoms with E-state index >= 15 is 0 Å². The molecular formula is C16H16N2O3. The van der Waals surface area contributed by atoms with Gasteiger partial charge in [0.25, 0.3) is 5.56 Å². The van der Waals surface area contributed by atoms with Crippen LogP contribution in [0.3, 0.4) is 0 Å². The number of carbonyl (C=O) groups is 1. The van der Waals surface area contributed by atoms with Gasteiger partial charge in [-0.05, 0) is 48.9 Å². The second kappa shape index (κ2) is 5.16. The summed E-state index contributed by atoms with van der Waals surface area (Å²) in [4.78, 5) is 22.9. The predicted octanol–water partition coefficient (Wildman–Crippen LogP) is 2.02. The van der Waals surface area contributed by atoms with E-state index in [1.165, 1.54) is 37.1 Å². The van der Waals surface area contributed by atoms with Gasteiger partial charge in [-0.25, -0.2) is 9.48 Å². The minimum Gasteiger partial charge on any atom is -0.477 e. The highest BCUT2D eigenvalue weighted by molar-refractivity contribution is 5.88. The van der Waals surface area contributed by atoms with Crippen LogP contribution >= 0.6 is 0 Å². The number of nitrogens with zero attached hydrogens (tertiary/aromatic N) is 2. The number of aryl methyl sites for hydroxylation is 3. The van der Waals surface area contributed by atoms with Crippen LogP contribution in [0, 0.1) is 0 Å². The van der Waals surface area contributed by atoms with Crippen LogP contribution in [0.1, 0.15) is 34.3 Å². The fraction of sp³-hybridized carbons (Fsp3) is 0.312. The predicted molar refractivity (Wildman–Crippen MR) is 78.5 cm³/mol. The zero-order valence-corrected chi connectivity index (χ0v) is 11.8. The van der Waals surface area contributed by atoms with Gasteiger partial charge in [-0.15, -0.1) is 0 Å². The van der Waals surface area contributed by atoms with Gasteiger partial charge in [-0.2, -0.15) is 5.10 Å². The van der Waals surface area contributed by atoms with E-state index in [-0.39, 0.29) is 5.56 Å². The molecule has 0 unspecified atom stereocenters. The average molecular weight is 284 g/mol. The topological polar surface area (TPSA) is 72.2 Å². The molecule has 0 bridgehead atoms. The van der Waals surface area contributed by atoms with Crippen molar-refractivity contribution in [1.82, 2.24) is 9.78 Å². The lowest BCUT2D eigenvalue weighted by Crippen LogP contribution is -2.26. The molecule has 1 aliphatic carbocycles. The third-order valence-electron chi connectivity index (χ3n) is 3.94. The fourth-order valence-electron chi connectivity index (χ4n) is 2.80. The molecule has 1 N–H and O–H groups in total. The van der Waals surface area contributed by atoms with Crippen molar-refractivity contribution in [3.05, 3.63) is 51.3 Å². The second-order valence-corrected chi connectivity index (χ2v) is 5.37. The van der Waals surface area contributed by atoms with E-state index in [0.717, 1.165) is 23.1 Å². The quantitative estimate of drug-likeness (QED) is 0.915. The van der Waals surface area contributed by atoms with E-state index in [1.807, 2.05) is 6.07 Å². The molecule has 5 heteroatoms. The van der Waals surface area contributed by atoms with Crippen molar-refractivity contribution >= 4 is 5.97 Å². The minimum absolute atomic E-state index is 0.250. The first-order valence-corrected chi connectivity index (χ1v) is 7.00. The van der Waals surface area contributed by atoms with Crippen molar-refractivity contribution < 1.29 is 9.90 Å². The maximum absolute atomic E-state index is 11.7. The van der Waals surface area contributed by atoms with Crippen molar-refractivity contribution in [2.24, 2.45) is 7.05 Å². The molecule has 0 aliphatic heterocycles. The summed E-state index contributed by atoms with van der Waals surface area (Å²) in [7, 11) is 1.47. The van der Waals surface area contributed by atoms with Crippen LogP contribution in [0.25, 0.3) is 11.3 Å². The second-order valence-electron chi connectivity index (χ2n) is 5.37. The fourth-order valence-corrected chi connectivity index (χ4v) is 2.80. The van der Waals surface area contributed by atoms with Crippen LogP contribution in [0.15, 0.2) is 29.1 Å². The Morgan fingerprint density at radius 3 is 2.62 bits per heavy atom. The molecule has 0 fully saturated rings. The minimum atomic E-state index is -1.22. The van der Waals surface area contributed by atoms with Crippen molar-refractivity contribution in [1.29, 1.82) is 0 Å². The van der Waals surface area contributed by atoms with E-state index in [9.17, 15) is 9.59 Å². The summed E-state index contributed by atoms with van der Waals surface area (Å²) in [5, 5.41) is 13.3. The molecule has 1 aliphatic rings. The summed E-state index contributed by atoms with van der Waals surface area (Å²) in [6.07, 6.45) is 4.53. The molecule has 3 rings (SSSR count). The third kappa shape index (κ3) is 2.46. The summed E-state index contributed by atoms with van der Waals surface area (Å²) in [6.45, 7) is 0. The van der Waals surface area contributed by atoms with Crippen LogP contribution in [-0.2, 0) is 19.9 Å². The Kier molecular flexibility index (Phi) is 3.33. The number of carboxylic acid groups (broad SMARTS) is 1. The molecule has 1 heterocycles. The highest BCUT2D eigenvalue weighted by Crippen LogP contribution is 2.26. The van der Waals surface area contributed by atoms with Crippen molar-refractivity contribution in [2.45, 2.75) is 25.7 Å². The molecule has 0 saturated carbocycles. The number of fused-ring (bicyclic) bond motifs is 1. The normalized spacial score (nSPS) is 13.8. The van der Waals surface area contributed by atoms with E-state index in [0.29, 0.717) is 5.69 Å². The van der Waals surface area contributed by atoms with Crippen molar-refractivity contribution in [2.75, 3.05) is 0 Å². The number of rotatable bonds is 2.